The molecule has 3 aliphatic carbocycles. The summed E-state index contributed by atoms with van der Waals surface area (Å²) < 4.78 is 0. The van der Waals surface area contributed by atoms with Crippen LogP contribution in [0.5, 0.6) is 0 Å². The second-order valence-electron chi connectivity index (χ2n) is 9.32. The van der Waals surface area contributed by atoms with Gasteiger partial charge in [0, 0.05) is 6.61 Å². The topological polar surface area (TPSA) is 20.2 Å². The smallest absolute Gasteiger partial charge is 0.0436 e. The fourth-order valence-corrected chi connectivity index (χ4v) is 6.44. The molecule has 0 aromatic heterocycles. The Morgan fingerprint density at radius 3 is 2.59 bits per heavy atom. The molecule has 1 nitrogen and oxygen atoms in total. The van der Waals surface area contributed by atoms with Crippen LogP contribution >= 0.6 is 0 Å². The van der Waals surface area contributed by atoms with Crippen LogP contribution in [0.2, 0.25) is 0 Å². The van der Waals surface area contributed by atoms with E-state index in [1.807, 2.05) is 11.1 Å². The average molecular weight is 305 g/mol. The van der Waals surface area contributed by atoms with Crippen molar-refractivity contribution in [2.75, 3.05) is 6.61 Å². The molecule has 0 spiro atoms. The molecule has 0 saturated heterocycles. The lowest BCUT2D eigenvalue weighted by Crippen LogP contribution is -2.48. The molecule has 0 aromatic rings. The van der Waals surface area contributed by atoms with Gasteiger partial charge in [-0.3, -0.25) is 0 Å². The maximum atomic E-state index is 9.57. The van der Waals surface area contributed by atoms with Crippen LogP contribution in [-0.2, 0) is 0 Å². The lowest BCUT2D eigenvalue weighted by molar-refractivity contribution is -0.0210. The molecule has 0 aromatic carbocycles. The zero-order valence-corrected chi connectivity index (χ0v) is 15.3. The standard InChI is InChI=1S/C21H36O/c1-15(2)16-6-8-18-17(14-16)7-9-19-20(3,12-13-22)10-5-11-21(18,19)4/h15-16,19,22H,5-14H2,1-4H3/t16?,19-,20+,21+/m0/s1. The van der Waals surface area contributed by atoms with Gasteiger partial charge < -0.3 is 5.11 Å². The number of aliphatic hydroxyl groups is 1. The first kappa shape index (κ1) is 16.6. The van der Waals surface area contributed by atoms with Crippen LogP contribution in [-0.4, -0.2) is 11.7 Å². The summed E-state index contributed by atoms with van der Waals surface area (Å²) in [6.07, 6.45) is 12.0. The van der Waals surface area contributed by atoms with Crippen LogP contribution in [0.15, 0.2) is 11.1 Å². The summed E-state index contributed by atoms with van der Waals surface area (Å²) >= 11 is 0. The molecule has 22 heavy (non-hydrogen) atoms. The van der Waals surface area contributed by atoms with Crippen LogP contribution in [0.1, 0.15) is 85.5 Å². The highest BCUT2D eigenvalue weighted by atomic mass is 16.3. The summed E-state index contributed by atoms with van der Waals surface area (Å²) in [5.41, 5.74) is 4.52. The minimum Gasteiger partial charge on any atom is -0.396 e. The molecule has 126 valence electrons. The van der Waals surface area contributed by atoms with E-state index >= 15 is 0 Å². The van der Waals surface area contributed by atoms with Gasteiger partial charge in [-0.1, -0.05) is 45.3 Å². The Morgan fingerprint density at radius 1 is 1.14 bits per heavy atom. The van der Waals surface area contributed by atoms with E-state index in [9.17, 15) is 5.11 Å². The van der Waals surface area contributed by atoms with Crippen molar-refractivity contribution in [2.24, 2.45) is 28.6 Å². The largest absolute Gasteiger partial charge is 0.396 e. The summed E-state index contributed by atoms with van der Waals surface area (Å²) in [6.45, 7) is 10.2. The van der Waals surface area contributed by atoms with Gasteiger partial charge in [0.25, 0.3) is 0 Å². The minimum absolute atomic E-state index is 0.365. The third-order valence-corrected chi connectivity index (χ3v) is 7.80. The fourth-order valence-electron chi connectivity index (χ4n) is 6.44. The first-order valence-electron chi connectivity index (χ1n) is 9.73. The van der Waals surface area contributed by atoms with E-state index in [4.69, 9.17) is 0 Å². The van der Waals surface area contributed by atoms with Crippen LogP contribution in [0.3, 0.4) is 0 Å². The average Bonchev–Trinajstić information content (AvgIpc) is 2.46. The van der Waals surface area contributed by atoms with Gasteiger partial charge in [0.2, 0.25) is 0 Å². The summed E-state index contributed by atoms with van der Waals surface area (Å²) in [5.74, 6) is 2.56. The molecule has 0 aliphatic heterocycles. The monoisotopic (exact) mass is 304 g/mol. The van der Waals surface area contributed by atoms with Crippen molar-refractivity contribution >= 4 is 0 Å². The SMILES string of the molecule is CC(C)C1CCC2=C(CC[C@H]3[C@@](C)(CCO)CCC[C@]23C)C1. The molecule has 1 saturated carbocycles. The van der Waals surface area contributed by atoms with Crippen molar-refractivity contribution in [1.29, 1.82) is 0 Å². The Kier molecular flexibility index (Phi) is 4.49. The highest BCUT2D eigenvalue weighted by Gasteiger charge is 2.52. The van der Waals surface area contributed by atoms with Gasteiger partial charge in [0.05, 0.1) is 0 Å². The summed E-state index contributed by atoms with van der Waals surface area (Å²) in [5, 5.41) is 9.57. The zero-order valence-electron chi connectivity index (χ0n) is 15.3. The number of allylic oxidation sites excluding steroid dienone is 2. The quantitative estimate of drug-likeness (QED) is 0.660. The Bertz CT molecular complexity index is 445. The fraction of sp³-hybridized carbons (Fsp3) is 0.905. The number of fused-ring (bicyclic) bond motifs is 2. The molecule has 4 atom stereocenters. The lowest BCUT2D eigenvalue weighted by atomic mass is 9.47. The van der Waals surface area contributed by atoms with Crippen molar-refractivity contribution in [3.8, 4) is 0 Å². The van der Waals surface area contributed by atoms with Gasteiger partial charge in [0.15, 0.2) is 0 Å². The van der Waals surface area contributed by atoms with Gasteiger partial charge in [0.1, 0.15) is 0 Å². The molecule has 1 unspecified atom stereocenters. The molecule has 3 aliphatic rings. The molecule has 0 heterocycles. The highest BCUT2D eigenvalue weighted by molar-refractivity contribution is 5.30. The number of rotatable bonds is 3. The van der Waals surface area contributed by atoms with Gasteiger partial charge in [-0.15, -0.1) is 0 Å². The predicted molar refractivity (Wildman–Crippen MR) is 93.7 cm³/mol. The van der Waals surface area contributed by atoms with E-state index in [1.165, 1.54) is 51.4 Å². The number of hydrogen-bond acceptors (Lipinski definition) is 1. The van der Waals surface area contributed by atoms with E-state index in [2.05, 4.69) is 27.7 Å². The van der Waals surface area contributed by atoms with Crippen LogP contribution < -0.4 is 0 Å². The third kappa shape index (κ3) is 2.58. The van der Waals surface area contributed by atoms with Crippen molar-refractivity contribution in [3.05, 3.63) is 11.1 Å². The first-order chi connectivity index (χ1) is 10.4. The Balaban J connectivity index is 1.90. The van der Waals surface area contributed by atoms with E-state index < -0.39 is 0 Å². The van der Waals surface area contributed by atoms with Crippen molar-refractivity contribution in [3.63, 3.8) is 0 Å². The maximum absolute atomic E-state index is 9.57. The highest BCUT2D eigenvalue weighted by Crippen LogP contribution is 2.63. The number of aliphatic hydroxyl groups excluding tert-OH is 1. The summed E-state index contributed by atoms with van der Waals surface area (Å²) in [4.78, 5) is 0. The summed E-state index contributed by atoms with van der Waals surface area (Å²) in [7, 11) is 0. The van der Waals surface area contributed by atoms with Crippen LogP contribution in [0, 0.1) is 28.6 Å². The normalized spacial score (nSPS) is 42.3. The second kappa shape index (κ2) is 5.96. The van der Waals surface area contributed by atoms with E-state index in [0.717, 1.165) is 24.2 Å². The predicted octanol–water partition coefficient (Wildman–Crippen LogP) is 5.73. The van der Waals surface area contributed by atoms with Crippen molar-refractivity contribution < 1.29 is 5.11 Å². The Hall–Kier alpha value is -0.300. The van der Waals surface area contributed by atoms with E-state index in [-0.39, 0.29) is 0 Å². The second-order valence-corrected chi connectivity index (χ2v) is 9.32. The molecular weight excluding hydrogens is 268 g/mol. The van der Waals surface area contributed by atoms with Crippen molar-refractivity contribution in [2.45, 2.75) is 85.5 Å². The van der Waals surface area contributed by atoms with Gasteiger partial charge in [-0.25, -0.2) is 0 Å². The van der Waals surface area contributed by atoms with E-state index in [0.29, 0.717) is 17.4 Å². The molecule has 1 heteroatoms. The molecule has 0 amide bonds. The van der Waals surface area contributed by atoms with Crippen LogP contribution in [0.4, 0.5) is 0 Å². The first-order valence-corrected chi connectivity index (χ1v) is 9.73. The molecule has 1 N–H and O–H groups in total. The lowest BCUT2D eigenvalue weighted by Gasteiger charge is -2.57. The third-order valence-electron chi connectivity index (χ3n) is 7.80. The molecular formula is C21H36O. The van der Waals surface area contributed by atoms with E-state index in [1.54, 1.807) is 0 Å². The van der Waals surface area contributed by atoms with Gasteiger partial charge in [-0.2, -0.15) is 0 Å². The molecule has 0 bridgehead atoms. The van der Waals surface area contributed by atoms with Crippen LogP contribution in [0.25, 0.3) is 0 Å². The zero-order chi connectivity index (χ0) is 16.0. The minimum atomic E-state index is 0.365. The Labute approximate surface area is 137 Å². The van der Waals surface area contributed by atoms with Gasteiger partial charge in [-0.05, 0) is 80.0 Å². The maximum Gasteiger partial charge on any atom is 0.0436 e. The molecule has 0 radical (unpaired) electrons. The summed E-state index contributed by atoms with van der Waals surface area (Å²) in [6, 6.07) is 0. The van der Waals surface area contributed by atoms with Crippen molar-refractivity contribution in [1.82, 2.24) is 0 Å². The number of hydrogen-bond donors (Lipinski definition) is 1. The Morgan fingerprint density at radius 2 is 1.91 bits per heavy atom. The van der Waals surface area contributed by atoms with Gasteiger partial charge >= 0.3 is 0 Å². The molecule has 1 fully saturated rings. The molecule has 3 rings (SSSR count).